The molecule has 1 aliphatic rings. The highest BCUT2D eigenvalue weighted by atomic mass is 32.2. The molecule has 4 rings (SSSR count). The van der Waals surface area contributed by atoms with Gasteiger partial charge >= 0.3 is 0 Å². The van der Waals surface area contributed by atoms with Crippen LogP contribution < -0.4 is 5.32 Å². The lowest BCUT2D eigenvalue weighted by Gasteiger charge is -2.35. The highest BCUT2D eigenvalue weighted by molar-refractivity contribution is 7.89. The molecule has 1 aliphatic heterocycles. The van der Waals surface area contributed by atoms with Gasteiger partial charge in [0.1, 0.15) is 0 Å². The van der Waals surface area contributed by atoms with Crippen molar-refractivity contribution in [2.24, 2.45) is 0 Å². The van der Waals surface area contributed by atoms with Gasteiger partial charge in [0.05, 0.1) is 16.5 Å². The summed E-state index contributed by atoms with van der Waals surface area (Å²) >= 11 is 0. The highest BCUT2D eigenvalue weighted by Gasteiger charge is 2.33. The third kappa shape index (κ3) is 4.23. The lowest BCUT2D eigenvalue weighted by molar-refractivity contribution is 0.325. The van der Waals surface area contributed by atoms with Crippen molar-refractivity contribution < 1.29 is 8.42 Å². The number of sulfonamides is 1. The van der Waals surface area contributed by atoms with Gasteiger partial charge in [0.25, 0.3) is 0 Å². The average Bonchev–Trinajstić information content (AvgIpc) is 2.80. The zero-order valence-corrected chi connectivity index (χ0v) is 17.3. The Morgan fingerprint density at radius 3 is 2.40 bits per heavy atom. The summed E-state index contributed by atoms with van der Waals surface area (Å²) in [5.41, 5.74) is 3.61. The van der Waals surface area contributed by atoms with Crippen LogP contribution in [0.2, 0.25) is 0 Å². The number of nitrogens with one attached hydrogen (secondary N) is 1. The van der Waals surface area contributed by atoms with Crippen molar-refractivity contribution >= 4 is 15.7 Å². The Morgan fingerprint density at radius 1 is 1.00 bits per heavy atom. The predicted molar refractivity (Wildman–Crippen MR) is 118 cm³/mol. The first-order valence-electron chi connectivity index (χ1n) is 9.95. The first-order valence-corrected chi connectivity index (χ1v) is 11.4. The molecule has 1 unspecified atom stereocenters. The first kappa shape index (κ1) is 20.1. The summed E-state index contributed by atoms with van der Waals surface area (Å²) in [6, 6.07) is 26.0. The van der Waals surface area contributed by atoms with Crippen molar-refractivity contribution in [1.29, 1.82) is 5.26 Å². The van der Waals surface area contributed by atoms with E-state index in [-0.39, 0.29) is 6.04 Å². The van der Waals surface area contributed by atoms with Crippen molar-refractivity contribution in [3.63, 3.8) is 0 Å². The van der Waals surface area contributed by atoms with Crippen molar-refractivity contribution in [2.75, 3.05) is 18.4 Å². The second kappa shape index (κ2) is 8.70. The fourth-order valence-electron chi connectivity index (χ4n) is 3.87. The molecule has 30 heavy (non-hydrogen) atoms. The van der Waals surface area contributed by atoms with Crippen LogP contribution in [-0.4, -0.2) is 31.9 Å². The molecule has 0 aliphatic carbocycles. The van der Waals surface area contributed by atoms with Crippen LogP contribution in [-0.2, 0) is 22.9 Å². The highest BCUT2D eigenvalue weighted by Crippen LogP contribution is 2.28. The average molecular weight is 418 g/mol. The summed E-state index contributed by atoms with van der Waals surface area (Å²) in [5.74, 6) is 0. The standard InChI is InChI=1S/C24H23N3O2S/c25-17-20-11-12-24-21(15-20)16-22(18-26-24)27(14-13-19-7-3-1-4-8-19)30(28,29)23-9-5-2-6-10-23/h1-12,15,22,26H,13-14,16,18H2. The Morgan fingerprint density at radius 2 is 1.70 bits per heavy atom. The molecule has 0 radical (unpaired) electrons. The zero-order chi connectivity index (χ0) is 21.0. The lowest BCUT2D eigenvalue weighted by atomic mass is 9.97. The number of hydrogen-bond acceptors (Lipinski definition) is 4. The molecule has 0 aromatic heterocycles. The first-order chi connectivity index (χ1) is 14.6. The monoisotopic (exact) mass is 417 g/mol. The molecule has 1 N–H and O–H groups in total. The van der Waals surface area contributed by atoms with E-state index in [0.29, 0.717) is 36.4 Å². The molecule has 0 bridgehead atoms. The van der Waals surface area contributed by atoms with Gasteiger partial charge in [-0.25, -0.2) is 8.42 Å². The van der Waals surface area contributed by atoms with Gasteiger partial charge in [0.2, 0.25) is 10.0 Å². The van der Waals surface area contributed by atoms with Crippen LogP contribution in [0.25, 0.3) is 0 Å². The summed E-state index contributed by atoms with van der Waals surface area (Å²) in [6.07, 6.45) is 1.20. The van der Waals surface area contributed by atoms with Crippen LogP contribution in [0.3, 0.4) is 0 Å². The molecule has 1 atom stereocenters. The van der Waals surface area contributed by atoms with Gasteiger partial charge < -0.3 is 5.32 Å². The van der Waals surface area contributed by atoms with Gasteiger partial charge in [-0.05, 0) is 54.3 Å². The fourth-order valence-corrected chi connectivity index (χ4v) is 5.52. The number of nitrogens with zero attached hydrogens (tertiary/aromatic N) is 2. The number of benzene rings is 3. The SMILES string of the molecule is N#Cc1ccc2c(c1)CC(N(CCc1ccccc1)S(=O)(=O)c1ccccc1)CN2. The van der Waals surface area contributed by atoms with Crippen LogP contribution in [0.4, 0.5) is 5.69 Å². The van der Waals surface area contributed by atoms with E-state index in [2.05, 4.69) is 11.4 Å². The van der Waals surface area contributed by atoms with E-state index in [1.165, 1.54) is 0 Å². The van der Waals surface area contributed by atoms with Gasteiger partial charge in [-0.1, -0.05) is 48.5 Å². The van der Waals surface area contributed by atoms with Crippen LogP contribution >= 0.6 is 0 Å². The number of fused-ring (bicyclic) bond motifs is 1. The summed E-state index contributed by atoms with van der Waals surface area (Å²) in [4.78, 5) is 0.301. The molecule has 0 saturated heterocycles. The Kier molecular flexibility index (Phi) is 5.84. The topological polar surface area (TPSA) is 73.2 Å². The third-order valence-corrected chi connectivity index (χ3v) is 7.40. The van der Waals surface area contributed by atoms with E-state index in [1.807, 2.05) is 48.5 Å². The van der Waals surface area contributed by atoms with Crippen LogP contribution in [0.1, 0.15) is 16.7 Å². The van der Waals surface area contributed by atoms with Crippen LogP contribution in [0, 0.1) is 11.3 Å². The largest absolute Gasteiger partial charge is 0.383 e. The Hall–Kier alpha value is -3.14. The van der Waals surface area contributed by atoms with Crippen molar-refractivity contribution in [2.45, 2.75) is 23.8 Å². The normalized spacial score (nSPS) is 15.8. The van der Waals surface area contributed by atoms with Crippen LogP contribution in [0.5, 0.6) is 0 Å². The fraction of sp³-hybridized carbons (Fsp3) is 0.208. The zero-order valence-electron chi connectivity index (χ0n) is 16.5. The molecule has 3 aromatic carbocycles. The molecule has 3 aromatic rings. The van der Waals surface area contributed by atoms with Gasteiger partial charge in [-0.3, -0.25) is 0 Å². The van der Waals surface area contributed by atoms with Gasteiger partial charge in [-0.2, -0.15) is 9.57 Å². The molecule has 0 amide bonds. The van der Waals surface area contributed by atoms with E-state index >= 15 is 0 Å². The number of hydrogen-bond donors (Lipinski definition) is 1. The predicted octanol–water partition coefficient (Wildman–Crippen LogP) is 3.83. The van der Waals surface area contributed by atoms with Gasteiger partial charge in [0, 0.05) is 24.8 Å². The summed E-state index contributed by atoms with van der Waals surface area (Å²) in [7, 11) is -3.66. The maximum absolute atomic E-state index is 13.5. The summed E-state index contributed by atoms with van der Waals surface area (Å²) in [6.45, 7) is 0.917. The minimum absolute atomic E-state index is 0.236. The molecule has 0 saturated carbocycles. The Balaban J connectivity index is 1.65. The molecule has 1 heterocycles. The van der Waals surface area contributed by atoms with Gasteiger partial charge in [-0.15, -0.1) is 0 Å². The third-order valence-electron chi connectivity index (χ3n) is 5.44. The number of anilines is 1. The van der Waals surface area contributed by atoms with E-state index in [4.69, 9.17) is 0 Å². The Labute approximate surface area is 177 Å². The van der Waals surface area contributed by atoms with E-state index < -0.39 is 10.0 Å². The van der Waals surface area contributed by atoms with E-state index in [0.717, 1.165) is 16.8 Å². The molecule has 6 heteroatoms. The van der Waals surface area contributed by atoms with Gasteiger partial charge in [0.15, 0.2) is 0 Å². The minimum Gasteiger partial charge on any atom is -0.383 e. The molecule has 5 nitrogen and oxygen atoms in total. The smallest absolute Gasteiger partial charge is 0.243 e. The lowest BCUT2D eigenvalue weighted by Crippen LogP contribution is -2.48. The quantitative estimate of drug-likeness (QED) is 0.662. The maximum Gasteiger partial charge on any atom is 0.243 e. The van der Waals surface area contributed by atoms with E-state index in [9.17, 15) is 13.7 Å². The Bertz CT molecular complexity index is 1160. The van der Waals surface area contributed by atoms with E-state index in [1.54, 1.807) is 34.6 Å². The molecule has 0 fully saturated rings. The molecule has 0 spiro atoms. The summed E-state index contributed by atoms with van der Waals surface area (Å²) in [5, 5.41) is 12.6. The summed E-state index contributed by atoms with van der Waals surface area (Å²) < 4.78 is 28.7. The maximum atomic E-state index is 13.5. The van der Waals surface area contributed by atoms with Crippen LogP contribution in [0.15, 0.2) is 83.8 Å². The van der Waals surface area contributed by atoms with Crippen molar-refractivity contribution in [3.05, 3.63) is 95.6 Å². The van der Waals surface area contributed by atoms with Crippen molar-refractivity contribution in [1.82, 2.24) is 4.31 Å². The second-order valence-electron chi connectivity index (χ2n) is 7.39. The molecular weight excluding hydrogens is 394 g/mol. The number of nitriles is 1. The van der Waals surface area contributed by atoms with Crippen molar-refractivity contribution in [3.8, 4) is 6.07 Å². The number of rotatable bonds is 6. The second-order valence-corrected chi connectivity index (χ2v) is 9.28. The molecular formula is C24H23N3O2S. The minimum atomic E-state index is -3.66. The molecule has 152 valence electrons.